The Morgan fingerprint density at radius 3 is 1.78 bits per heavy atom. The Morgan fingerprint density at radius 2 is 1.19 bits per heavy atom. The Labute approximate surface area is 221 Å². The molecule has 0 aliphatic rings. The van der Waals surface area contributed by atoms with Crippen molar-refractivity contribution < 1.29 is 14.7 Å². The number of anilines is 2. The fourth-order valence-electron chi connectivity index (χ4n) is 4.62. The van der Waals surface area contributed by atoms with Gasteiger partial charge in [0, 0.05) is 17.5 Å². The molecule has 3 N–H and O–H groups in total. The molecule has 2 unspecified atom stereocenters. The molecule has 0 saturated heterocycles. The third-order valence-corrected chi connectivity index (χ3v) is 7.14. The number of nitrogens with one attached hydrogen (secondary N) is 2. The molecule has 0 spiro atoms. The molecule has 5 heteroatoms. The van der Waals surface area contributed by atoms with Gasteiger partial charge < -0.3 is 15.7 Å². The summed E-state index contributed by atoms with van der Waals surface area (Å²) in [5.41, 5.74) is 0.971. The second-order valence-electron chi connectivity index (χ2n) is 10.6. The number of carbonyl (C=O) groups excluding carboxylic acids is 2. The van der Waals surface area contributed by atoms with Crippen molar-refractivity contribution in [3.63, 3.8) is 0 Å². The van der Waals surface area contributed by atoms with Crippen molar-refractivity contribution in [1.82, 2.24) is 0 Å². The molecule has 2 amide bonds. The van der Waals surface area contributed by atoms with Crippen LogP contribution in [0.15, 0.2) is 18.2 Å². The highest BCUT2D eigenvalue weighted by Crippen LogP contribution is 2.29. The highest BCUT2D eigenvalue weighted by Gasteiger charge is 2.19. The third kappa shape index (κ3) is 13.9. The van der Waals surface area contributed by atoms with E-state index in [1.165, 1.54) is 64.2 Å². The number of unbranched alkanes of at least 4 members (excludes halogenated alkanes) is 11. The van der Waals surface area contributed by atoms with Gasteiger partial charge in [-0.2, -0.15) is 0 Å². The normalized spacial score (nSPS) is 12.8. The lowest BCUT2D eigenvalue weighted by atomic mass is 9.93. The Kier molecular flexibility index (Phi) is 17.8. The maximum Gasteiger partial charge on any atom is 0.227 e. The topological polar surface area (TPSA) is 78.4 Å². The molecule has 1 rings (SSSR count). The van der Waals surface area contributed by atoms with E-state index >= 15 is 0 Å². The second kappa shape index (κ2) is 20.1. The number of hydrogen-bond acceptors (Lipinski definition) is 3. The summed E-state index contributed by atoms with van der Waals surface area (Å²) in [6.45, 7) is 8.53. The van der Waals surface area contributed by atoms with Crippen LogP contribution in [0.3, 0.4) is 0 Å². The lowest BCUT2D eigenvalue weighted by Gasteiger charge is -2.18. The monoisotopic (exact) mass is 502 g/mol. The first kappa shape index (κ1) is 32.0. The van der Waals surface area contributed by atoms with Gasteiger partial charge in [0.15, 0.2) is 0 Å². The van der Waals surface area contributed by atoms with E-state index in [4.69, 9.17) is 0 Å². The molecule has 0 fully saturated rings. The van der Waals surface area contributed by atoms with Crippen molar-refractivity contribution in [2.45, 2.75) is 137 Å². The molecule has 0 aromatic heterocycles. The van der Waals surface area contributed by atoms with E-state index in [1.807, 2.05) is 6.92 Å². The highest BCUT2D eigenvalue weighted by atomic mass is 16.3. The molecule has 5 nitrogen and oxygen atoms in total. The lowest BCUT2D eigenvalue weighted by molar-refractivity contribution is -0.120. The molecule has 0 bridgehead atoms. The standard InChI is InChI=1S/C31H54N2O3/c1-5-8-11-14-15-18-21-26(20-17-13-10-7-3)31(36)32-27-22-23-29(34)28(24-27)33-30(35)25(4)19-16-12-9-6-2/h22-26,34H,5-21H2,1-4H3,(H,32,36)(H,33,35). The largest absolute Gasteiger partial charge is 0.506 e. The summed E-state index contributed by atoms with van der Waals surface area (Å²) in [5.74, 6) is -0.149. The Bertz CT molecular complexity index is 735. The van der Waals surface area contributed by atoms with Crippen LogP contribution in [-0.2, 0) is 9.59 Å². The zero-order chi connectivity index (χ0) is 26.6. The van der Waals surface area contributed by atoms with Crippen LogP contribution in [0, 0.1) is 11.8 Å². The van der Waals surface area contributed by atoms with E-state index in [-0.39, 0.29) is 29.4 Å². The average Bonchev–Trinajstić information content (AvgIpc) is 2.86. The number of amides is 2. The van der Waals surface area contributed by atoms with Crippen molar-refractivity contribution in [3.8, 4) is 5.75 Å². The number of aromatic hydroxyl groups is 1. The molecule has 0 heterocycles. The summed E-state index contributed by atoms with van der Waals surface area (Å²) in [7, 11) is 0. The van der Waals surface area contributed by atoms with Crippen molar-refractivity contribution in [3.05, 3.63) is 18.2 Å². The fourth-order valence-corrected chi connectivity index (χ4v) is 4.62. The summed E-state index contributed by atoms with van der Waals surface area (Å²) in [6.07, 6.45) is 19.2. The number of benzene rings is 1. The number of rotatable bonds is 21. The number of phenolic OH excluding ortho intramolecular Hbond substituents is 1. The van der Waals surface area contributed by atoms with E-state index in [9.17, 15) is 14.7 Å². The third-order valence-electron chi connectivity index (χ3n) is 7.14. The van der Waals surface area contributed by atoms with E-state index in [0.717, 1.165) is 44.9 Å². The van der Waals surface area contributed by atoms with E-state index in [1.54, 1.807) is 18.2 Å². The zero-order valence-corrected chi connectivity index (χ0v) is 23.7. The van der Waals surface area contributed by atoms with Gasteiger partial charge in [-0.3, -0.25) is 9.59 Å². The fraction of sp³-hybridized carbons (Fsp3) is 0.742. The predicted molar refractivity (Wildman–Crippen MR) is 154 cm³/mol. The highest BCUT2D eigenvalue weighted by molar-refractivity contribution is 5.96. The van der Waals surface area contributed by atoms with Crippen LogP contribution in [0.25, 0.3) is 0 Å². The van der Waals surface area contributed by atoms with Gasteiger partial charge in [-0.25, -0.2) is 0 Å². The van der Waals surface area contributed by atoms with Crippen molar-refractivity contribution >= 4 is 23.2 Å². The molecule has 206 valence electrons. The van der Waals surface area contributed by atoms with Crippen LogP contribution < -0.4 is 10.6 Å². The number of hydrogen-bond donors (Lipinski definition) is 3. The van der Waals surface area contributed by atoms with Gasteiger partial charge in [-0.1, -0.05) is 118 Å². The van der Waals surface area contributed by atoms with Crippen molar-refractivity contribution in [1.29, 1.82) is 0 Å². The molecule has 36 heavy (non-hydrogen) atoms. The molecule has 0 aliphatic heterocycles. The molecule has 0 aliphatic carbocycles. The van der Waals surface area contributed by atoms with Gasteiger partial charge in [-0.15, -0.1) is 0 Å². The van der Waals surface area contributed by atoms with Crippen LogP contribution >= 0.6 is 0 Å². The molecular weight excluding hydrogens is 448 g/mol. The molecule has 2 atom stereocenters. The summed E-state index contributed by atoms with van der Waals surface area (Å²) >= 11 is 0. The number of carbonyl (C=O) groups is 2. The van der Waals surface area contributed by atoms with Crippen LogP contribution in [0.2, 0.25) is 0 Å². The van der Waals surface area contributed by atoms with Gasteiger partial charge >= 0.3 is 0 Å². The minimum atomic E-state index is -0.121. The minimum absolute atomic E-state index is 0.00279. The van der Waals surface area contributed by atoms with Crippen LogP contribution in [0.4, 0.5) is 11.4 Å². The van der Waals surface area contributed by atoms with Gasteiger partial charge in [0.1, 0.15) is 5.75 Å². The number of phenols is 1. The first-order valence-corrected chi connectivity index (χ1v) is 14.9. The Hall–Kier alpha value is -2.04. The molecule has 0 saturated carbocycles. The molecule has 1 aromatic carbocycles. The Balaban J connectivity index is 2.70. The maximum absolute atomic E-state index is 13.2. The van der Waals surface area contributed by atoms with Gasteiger partial charge in [0.05, 0.1) is 5.69 Å². The second-order valence-corrected chi connectivity index (χ2v) is 10.6. The van der Waals surface area contributed by atoms with Gasteiger partial charge in [0.25, 0.3) is 0 Å². The first-order chi connectivity index (χ1) is 17.4. The molecule has 0 radical (unpaired) electrons. The zero-order valence-electron chi connectivity index (χ0n) is 23.7. The van der Waals surface area contributed by atoms with E-state index < -0.39 is 0 Å². The summed E-state index contributed by atoms with van der Waals surface area (Å²) in [4.78, 5) is 25.8. The van der Waals surface area contributed by atoms with E-state index in [0.29, 0.717) is 11.4 Å². The first-order valence-electron chi connectivity index (χ1n) is 14.9. The predicted octanol–water partition coefficient (Wildman–Crippen LogP) is 9.21. The maximum atomic E-state index is 13.2. The van der Waals surface area contributed by atoms with E-state index in [2.05, 4.69) is 31.4 Å². The van der Waals surface area contributed by atoms with Gasteiger partial charge in [0.2, 0.25) is 11.8 Å². The van der Waals surface area contributed by atoms with Crippen LogP contribution in [-0.4, -0.2) is 16.9 Å². The van der Waals surface area contributed by atoms with Crippen LogP contribution in [0.1, 0.15) is 137 Å². The SMILES string of the molecule is CCCCCCCCC(CCCCCC)C(=O)Nc1ccc(O)c(NC(=O)C(C)CCCCCC)c1. The Morgan fingerprint density at radius 1 is 0.694 bits per heavy atom. The average molecular weight is 503 g/mol. The molecule has 1 aromatic rings. The van der Waals surface area contributed by atoms with Gasteiger partial charge in [-0.05, 0) is 37.5 Å². The quantitative estimate of drug-likeness (QED) is 0.0890. The molecular formula is C31H54N2O3. The summed E-state index contributed by atoms with van der Waals surface area (Å²) in [6, 6.07) is 4.92. The summed E-state index contributed by atoms with van der Waals surface area (Å²) in [5, 5.41) is 16.2. The smallest absolute Gasteiger partial charge is 0.227 e. The van der Waals surface area contributed by atoms with Crippen LogP contribution in [0.5, 0.6) is 5.75 Å². The lowest BCUT2D eigenvalue weighted by Crippen LogP contribution is -2.23. The van der Waals surface area contributed by atoms with Crippen molar-refractivity contribution in [2.24, 2.45) is 11.8 Å². The minimum Gasteiger partial charge on any atom is -0.506 e. The summed E-state index contributed by atoms with van der Waals surface area (Å²) < 4.78 is 0. The van der Waals surface area contributed by atoms with Crippen molar-refractivity contribution in [2.75, 3.05) is 10.6 Å².